The minimum absolute atomic E-state index is 0.0579. The molecule has 0 bridgehead atoms. The van der Waals surface area contributed by atoms with E-state index in [-0.39, 0.29) is 11.5 Å². The Labute approximate surface area is 74.7 Å². The van der Waals surface area contributed by atoms with Crippen molar-refractivity contribution in [3.63, 3.8) is 0 Å². The van der Waals surface area contributed by atoms with E-state index in [4.69, 9.17) is 10.0 Å². The lowest BCUT2D eigenvalue weighted by atomic mass is 10.2. The lowest BCUT2D eigenvalue weighted by molar-refractivity contribution is 0.276. The Morgan fingerprint density at radius 3 is 2.62 bits per heavy atom. The number of benzene rings is 1. The van der Waals surface area contributed by atoms with Crippen LogP contribution < -0.4 is 9.39 Å². The summed E-state index contributed by atoms with van der Waals surface area (Å²) in [6.45, 7) is 0. The molecule has 4 nitrogen and oxygen atoms in total. The Kier molecular flexibility index (Phi) is 3.10. The van der Waals surface area contributed by atoms with Crippen LogP contribution in [0, 0.1) is 5.82 Å². The third-order valence-corrected chi connectivity index (χ3v) is 1.37. The van der Waals surface area contributed by atoms with Crippen LogP contribution >= 0.6 is 0 Å². The van der Waals surface area contributed by atoms with Crippen molar-refractivity contribution in [2.75, 3.05) is 7.11 Å². The van der Waals surface area contributed by atoms with Gasteiger partial charge in [-0.25, -0.2) is 4.39 Å². The van der Waals surface area contributed by atoms with E-state index in [1.807, 2.05) is 0 Å². The van der Waals surface area contributed by atoms with Gasteiger partial charge in [0.05, 0.1) is 7.11 Å². The summed E-state index contributed by atoms with van der Waals surface area (Å²) in [6, 6.07) is 3.91. The molecule has 0 heterocycles. The quantitative estimate of drug-likeness (QED) is 0.661. The number of rotatable bonds is 3. The molecule has 0 aliphatic rings. The highest BCUT2D eigenvalue weighted by molar-refractivity contribution is 6.33. The van der Waals surface area contributed by atoms with E-state index >= 15 is 0 Å². The van der Waals surface area contributed by atoms with Gasteiger partial charge in [0.25, 0.3) is 0 Å². The summed E-state index contributed by atoms with van der Waals surface area (Å²) >= 11 is 0. The Morgan fingerprint density at radius 1 is 1.38 bits per heavy atom. The molecule has 0 fully saturated rings. The average Bonchev–Trinajstić information content (AvgIpc) is 2.03. The zero-order chi connectivity index (χ0) is 9.84. The third kappa shape index (κ3) is 2.33. The van der Waals surface area contributed by atoms with Gasteiger partial charge in [-0.3, -0.25) is 0 Å². The highest BCUT2D eigenvalue weighted by Gasteiger charge is 2.16. The number of ether oxygens (including phenoxy) is 1. The molecular weight excluding hydrogens is 178 g/mol. The molecule has 0 unspecified atom stereocenters. The predicted octanol–water partition coefficient (Wildman–Crippen LogP) is 0.183. The van der Waals surface area contributed by atoms with Crippen molar-refractivity contribution in [2.24, 2.45) is 0 Å². The zero-order valence-corrected chi connectivity index (χ0v) is 6.90. The maximum atomic E-state index is 12.9. The van der Waals surface area contributed by atoms with Crippen LogP contribution in [0.1, 0.15) is 0 Å². The summed E-state index contributed by atoms with van der Waals surface area (Å²) in [6.07, 6.45) is 0. The van der Waals surface area contributed by atoms with E-state index in [2.05, 4.69) is 9.39 Å². The van der Waals surface area contributed by atoms with Gasteiger partial charge in [-0.05, 0) is 12.1 Å². The first kappa shape index (κ1) is 9.82. The fourth-order valence-electron chi connectivity index (χ4n) is 0.894. The minimum atomic E-state index is -1.99. The summed E-state index contributed by atoms with van der Waals surface area (Å²) in [5.74, 6) is -0.839. The van der Waals surface area contributed by atoms with E-state index in [1.165, 1.54) is 25.3 Å². The molecular formula is C7H8BFO4. The van der Waals surface area contributed by atoms with Gasteiger partial charge in [0.15, 0.2) is 11.6 Å². The molecule has 0 atom stereocenters. The van der Waals surface area contributed by atoms with Crippen LogP contribution in [0.15, 0.2) is 18.2 Å². The van der Waals surface area contributed by atoms with Crippen molar-refractivity contribution >= 4 is 7.32 Å². The van der Waals surface area contributed by atoms with Gasteiger partial charge in [-0.1, -0.05) is 6.07 Å². The van der Waals surface area contributed by atoms with Gasteiger partial charge in [0.2, 0.25) is 0 Å². The molecule has 1 rings (SSSR count). The first-order chi connectivity index (χ1) is 6.15. The van der Waals surface area contributed by atoms with Crippen LogP contribution in [-0.4, -0.2) is 24.5 Å². The maximum absolute atomic E-state index is 12.9. The van der Waals surface area contributed by atoms with E-state index < -0.39 is 13.1 Å². The lowest BCUT2D eigenvalue weighted by Gasteiger charge is -2.09. The monoisotopic (exact) mass is 186 g/mol. The van der Waals surface area contributed by atoms with Crippen molar-refractivity contribution in [3.05, 3.63) is 24.0 Å². The number of methoxy groups -OCH3 is 1. The van der Waals surface area contributed by atoms with Crippen molar-refractivity contribution in [1.29, 1.82) is 0 Å². The molecule has 6 heteroatoms. The van der Waals surface area contributed by atoms with Crippen LogP contribution in [0.4, 0.5) is 4.39 Å². The Morgan fingerprint density at radius 2 is 2.08 bits per heavy atom. The highest BCUT2D eigenvalue weighted by atomic mass is 19.1. The molecule has 0 aromatic heterocycles. The van der Waals surface area contributed by atoms with Crippen molar-refractivity contribution in [3.8, 4) is 11.5 Å². The maximum Gasteiger partial charge on any atom is 0.707 e. The number of para-hydroxylation sites is 1. The average molecular weight is 186 g/mol. The number of hydrogen-bond donors (Lipinski definition) is 2. The van der Waals surface area contributed by atoms with Gasteiger partial charge in [-0.15, -0.1) is 0 Å². The minimum Gasteiger partial charge on any atom is -0.509 e. The summed E-state index contributed by atoms with van der Waals surface area (Å²) < 4.78 is 22.1. The van der Waals surface area contributed by atoms with Crippen molar-refractivity contribution in [1.82, 2.24) is 0 Å². The Bertz CT molecular complexity index is 292. The van der Waals surface area contributed by atoms with Crippen molar-refractivity contribution < 1.29 is 23.8 Å². The van der Waals surface area contributed by atoms with Gasteiger partial charge in [-0.2, -0.15) is 0 Å². The van der Waals surface area contributed by atoms with E-state index in [0.717, 1.165) is 0 Å². The molecule has 0 spiro atoms. The predicted molar refractivity (Wildman–Crippen MR) is 43.8 cm³/mol. The van der Waals surface area contributed by atoms with Gasteiger partial charge >= 0.3 is 7.32 Å². The zero-order valence-electron chi connectivity index (χ0n) is 6.90. The fraction of sp³-hybridized carbons (Fsp3) is 0.143. The van der Waals surface area contributed by atoms with Gasteiger partial charge < -0.3 is 19.4 Å². The molecule has 1 aromatic rings. The highest BCUT2D eigenvalue weighted by Crippen LogP contribution is 2.29. The molecule has 0 radical (unpaired) electrons. The molecule has 0 aliphatic carbocycles. The van der Waals surface area contributed by atoms with Crippen LogP contribution in [0.5, 0.6) is 11.5 Å². The fourth-order valence-corrected chi connectivity index (χ4v) is 0.894. The molecule has 0 amide bonds. The molecule has 2 N–H and O–H groups in total. The summed E-state index contributed by atoms with van der Waals surface area (Å²) in [5, 5.41) is 16.9. The summed E-state index contributed by atoms with van der Waals surface area (Å²) in [4.78, 5) is 0. The number of halogens is 1. The second-order valence-electron chi connectivity index (χ2n) is 2.22. The normalized spacial score (nSPS) is 9.54. The smallest absolute Gasteiger partial charge is 0.509 e. The Hall–Kier alpha value is -1.27. The first-order valence-corrected chi connectivity index (χ1v) is 3.50. The summed E-state index contributed by atoms with van der Waals surface area (Å²) in [5.41, 5.74) is 0. The van der Waals surface area contributed by atoms with Crippen LogP contribution in [0.2, 0.25) is 0 Å². The molecule has 70 valence electrons. The molecule has 1 aromatic carbocycles. The summed E-state index contributed by atoms with van der Waals surface area (Å²) in [7, 11) is -0.731. The Balaban J connectivity index is 2.98. The van der Waals surface area contributed by atoms with E-state index in [0.29, 0.717) is 0 Å². The van der Waals surface area contributed by atoms with Gasteiger partial charge in [0, 0.05) is 0 Å². The largest absolute Gasteiger partial charge is 0.707 e. The molecule has 0 saturated heterocycles. The molecule has 0 saturated carbocycles. The SMILES string of the molecule is COc1c(F)cccc1OB(O)O. The van der Waals surface area contributed by atoms with Crippen LogP contribution in [0.3, 0.4) is 0 Å². The second kappa shape index (κ2) is 4.11. The standard InChI is InChI=1S/C7H8BFO4/c1-12-7-5(9)3-2-4-6(7)13-8(10)11/h2-4,10-11H,1H3. The lowest BCUT2D eigenvalue weighted by Crippen LogP contribution is -2.21. The van der Waals surface area contributed by atoms with Crippen LogP contribution in [0.25, 0.3) is 0 Å². The van der Waals surface area contributed by atoms with Gasteiger partial charge in [0.1, 0.15) is 5.75 Å². The first-order valence-electron chi connectivity index (χ1n) is 3.50. The topological polar surface area (TPSA) is 58.9 Å². The molecule has 13 heavy (non-hydrogen) atoms. The van der Waals surface area contributed by atoms with E-state index in [1.54, 1.807) is 0 Å². The molecule has 0 aliphatic heterocycles. The van der Waals surface area contributed by atoms with E-state index in [9.17, 15) is 4.39 Å². The van der Waals surface area contributed by atoms with Crippen molar-refractivity contribution in [2.45, 2.75) is 0 Å². The second-order valence-corrected chi connectivity index (χ2v) is 2.22. The third-order valence-electron chi connectivity index (χ3n) is 1.37. The number of hydrogen-bond acceptors (Lipinski definition) is 4. The van der Waals surface area contributed by atoms with Crippen LogP contribution in [-0.2, 0) is 0 Å².